The maximum atomic E-state index is 5.92. The normalized spacial score (nSPS) is 11.9. The van der Waals surface area contributed by atoms with Crippen molar-refractivity contribution in [3.05, 3.63) is 100 Å². The third-order valence-corrected chi connectivity index (χ3v) is 5.22. The predicted molar refractivity (Wildman–Crippen MR) is 116 cm³/mol. The summed E-state index contributed by atoms with van der Waals surface area (Å²) < 4.78 is 6.92. The van der Waals surface area contributed by atoms with Crippen molar-refractivity contribution in [3.8, 4) is 5.75 Å². The van der Waals surface area contributed by atoms with Crippen LogP contribution in [0.3, 0.4) is 0 Å². The average molecular weight is 424 g/mol. The van der Waals surface area contributed by atoms with E-state index in [1.807, 2.05) is 24.3 Å². The molecule has 0 aromatic heterocycles. The molecule has 0 amide bonds. The Kier molecular flexibility index (Phi) is 7.49. The van der Waals surface area contributed by atoms with E-state index in [0.29, 0.717) is 12.6 Å². The summed E-state index contributed by atoms with van der Waals surface area (Å²) in [5, 5.41) is 3.61. The molecule has 0 saturated carbocycles. The monoisotopic (exact) mass is 423 g/mol. The third-order valence-electron chi connectivity index (χ3n) is 4.60. The molecule has 3 heteroatoms. The summed E-state index contributed by atoms with van der Waals surface area (Å²) in [7, 11) is 0. The number of hydrogen-bond acceptors (Lipinski definition) is 2. The first kappa shape index (κ1) is 19.7. The van der Waals surface area contributed by atoms with Crippen LogP contribution in [0.4, 0.5) is 0 Å². The lowest BCUT2D eigenvalue weighted by molar-refractivity contribution is 0.304. The number of aryl methyl sites for hydroxylation is 1. The molecule has 2 nitrogen and oxygen atoms in total. The molecule has 0 radical (unpaired) electrons. The Morgan fingerprint density at radius 2 is 1.52 bits per heavy atom. The minimum atomic E-state index is 0.470. The maximum absolute atomic E-state index is 5.92. The van der Waals surface area contributed by atoms with Crippen LogP contribution in [-0.4, -0.2) is 6.04 Å². The molecule has 3 aromatic rings. The Morgan fingerprint density at radius 3 is 2.19 bits per heavy atom. The van der Waals surface area contributed by atoms with Crippen LogP contribution in [0.15, 0.2) is 83.3 Å². The van der Waals surface area contributed by atoms with E-state index in [4.69, 9.17) is 4.74 Å². The van der Waals surface area contributed by atoms with E-state index in [1.54, 1.807) is 0 Å². The SMILES string of the molecule is C[C@H](CCc1ccccc1)NCc1ccc(OCc2ccccc2)c(Br)c1. The average Bonchev–Trinajstić information content (AvgIpc) is 2.71. The fourth-order valence-corrected chi connectivity index (χ4v) is 3.47. The van der Waals surface area contributed by atoms with Crippen molar-refractivity contribution in [2.24, 2.45) is 0 Å². The first-order chi connectivity index (χ1) is 13.2. The van der Waals surface area contributed by atoms with E-state index in [0.717, 1.165) is 29.6 Å². The van der Waals surface area contributed by atoms with Gasteiger partial charge in [0.25, 0.3) is 0 Å². The number of halogens is 1. The molecule has 0 unspecified atom stereocenters. The van der Waals surface area contributed by atoms with Gasteiger partial charge < -0.3 is 10.1 Å². The lowest BCUT2D eigenvalue weighted by Gasteiger charge is -2.15. The summed E-state index contributed by atoms with van der Waals surface area (Å²) >= 11 is 3.64. The van der Waals surface area contributed by atoms with Crippen LogP contribution in [0.1, 0.15) is 30.0 Å². The summed E-state index contributed by atoms with van der Waals surface area (Å²) in [4.78, 5) is 0. The van der Waals surface area contributed by atoms with Gasteiger partial charge in [0, 0.05) is 12.6 Å². The van der Waals surface area contributed by atoms with Crippen molar-refractivity contribution in [2.75, 3.05) is 0 Å². The van der Waals surface area contributed by atoms with Gasteiger partial charge in [0.15, 0.2) is 0 Å². The standard InChI is InChI=1S/C24H26BrNO/c1-19(12-13-20-8-4-2-5-9-20)26-17-22-14-15-24(23(25)16-22)27-18-21-10-6-3-7-11-21/h2-11,14-16,19,26H,12-13,17-18H2,1H3/t19-/m1/s1. The van der Waals surface area contributed by atoms with E-state index in [-0.39, 0.29) is 0 Å². The van der Waals surface area contributed by atoms with Gasteiger partial charge in [-0.05, 0) is 64.5 Å². The summed E-state index contributed by atoms with van der Waals surface area (Å²) in [5.74, 6) is 0.875. The van der Waals surface area contributed by atoms with Crippen molar-refractivity contribution < 1.29 is 4.74 Å². The minimum absolute atomic E-state index is 0.470. The van der Waals surface area contributed by atoms with Crippen LogP contribution in [0.25, 0.3) is 0 Å². The third kappa shape index (κ3) is 6.53. The van der Waals surface area contributed by atoms with Crippen LogP contribution in [-0.2, 0) is 19.6 Å². The molecule has 0 fully saturated rings. The first-order valence-electron chi connectivity index (χ1n) is 9.43. The topological polar surface area (TPSA) is 21.3 Å². The van der Waals surface area contributed by atoms with Crippen molar-refractivity contribution in [1.82, 2.24) is 5.32 Å². The van der Waals surface area contributed by atoms with Gasteiger partial charge in [0.1, 0.15) is 12.4 Å². The molecule has 0 saturated heterocycles. The zero-order valence-electron chi connectivity index (χ0n) is 15.7. The summed E-state index contributed by atoms with van der Waals surface area (Å²) in [6.45, 7) is 3.68. The van der Waals surface area contributed by atoms with Crippen molar-refractivity contribution in [2.45, 2.75) is 39.0 Å². The summed E-state index contributed by atoms with van der Waals surface area (Å²) in [5.41, 5.74) is 3.82. The second kappa shape index (κ2) is 10.3. The van der Waals surface area contributed by atoms with Crippen LogP contribution in [0.5, 0.6) is 5.75 Å². The highest BCUT2D eigenvalue weighted by atomic mass is 79.9. The Balaban J connectivity index is 1.45. The Labute approximate surface area is 170 Å². The van der Waals surface area contributed by atoms with E-state index in [2.05, 4.69) is 82.8 Å². The molecule has 1 atom stereocenters. The lowest BCUT2D eigenvalue weighted by Crippen LogP contribution is -2.25. The van der Waals surface area contributed by atoms with Crippen molar-refractivity contribution in [3.63, 3.8) is 0 Å². The van der Waals surface area contributed by atoms with Gasteiger partial charge in [0.2, 0.25) is 0 Å². The molecule has 0 heterocycles. The Hall–Kier alpha value is -2.10. The van der Waals surface area contributed by atoms with Gasteiger partial charge in [-0.2, -0.15) is 0 Å². The highest BCUT2D eigenvalue weighted by Gasteiger charge is 2.06. The van der Waals surface area contributed by atoms with Crippen LogP contribution < -0.4 is 10.1 Å². The molecule has 1 N–H and O–H groups in total. The van der Waals surface area contributed by atoms with E-state index >= 15 is 0 Å². The molecule has 0 aliphatic rings. The largest absolute Gasteiger partial charge is 0.488 e. The quantitative estimate of drug-likeness (QED) is 0.446. The number of ether oxygens (including phenoxy) is 1. The zero-order valence-corrected chi connectivity index (χ0v) is 17.3. The first-order valence-corrected chi connectivity index (χ1v) is 10.2. The Bertz CT molecular complexity index is 820. The smallest absolute Gasteiger partial charge is 0.134 e. The summed E-state index contributed by atoms with van der Waals surface area (Å²) in [6.07, 6.45) is 2.23. The van der Waals surface area contributed by atoms with Crippen molar-refractivity contribution >= 4 is 15.9 Å². The fourth-order valence-electron chi connectivity index (χ4n) is 2.93. The highest BCUT2D eigenvalue weighted by molar-refractivity contribution is 9.10. The molecular weight excluding hydrogens is 398 g/mol. The van der Waals surface area contributed by atoms with Crippen LogP contribution >= 0.6 is 15.9 Å². The molecule has 27 heavy (non-hydrogen) atoms. The van der Waals surface area contributed by atoms with Gasteiger partial charge in [0.05, 0.1) is 4.47 Å². The minimum Gasteiger partial charge on any atom is -0.488 e. The molecule has 0 spiro atoms. The molecule has 0 aliphatic heterocycles. The van der Waals surface area contributed by atoms with Crippen molar-refractivity contribution in [1.29, 1.82) is 0 Å². The Morgan fingerprint density at radius 1 is 0.852 bits per heavy atom. The number of hydrogen-bond donors (Lipinski definition) is 1. The van der Waals surface area contributed by atoms with Crippen LogP contribution in [0.2, 0.25) is 0 Å². The number of benzene rings is 3. The van der Waals surface area contributed by atoms with Crippen LogP contribution in [0, 0.1) is 0 Å². The van der Waals surface area contributed by atoms with Gasteiger partial charge in [-0.15, -0.1) is 0 Å². The second-order valence-electron chi connectivity index (χ2n) is 6.85. The van der Waals surface area contributed by atoms with Gasteiger partial charge in [-0.1, -0.05) is 66.7 Å². The molecule has 3 aromatic carbocycles. The molecular formula is C24H26BrNO. The van der Waals surface area contributed by atoms with Gasteiger partial charge in [-0.3, -0.25) is 0 Å². The molecule has 0 aliphatic carbocycles. The number of rotatable bonds is 9. The lowest BCUT2D eigenvalue weighted by atomic mass is 10.1. The molecule has 140 valence electrons. The van der Waals surface area contributed by atoms with Gasteiger partial charge in [-0.25, -0.2) is 0 Å². The van der Waals surface area contributed by atoms with E-state index in [1.165, 1.54) is 16.7 Å². The predicted octanol–water partition coefficient (Wildman–Crippen LogP) is 6.14. The molecule has 0 bridgehead atoms. The highest BCUT2D eigenvalue weighted by Crippen LogP contribution is 2.27. The maximum Gasteiger partial charge on any atom is 0.134 e. The molecule has 3 rings (SSSR count). The van der Waals surface area contributed by atoms with Gasteiger partial charge >= 0.3 is 0 Å². The zero-order chi connectivity index (χ0) is 18.9. The van der Waals surface area contributed by atoms with E-state index < -0.39 is 0 Å². The fraction of sp³-hybridized carbons (Fsp3) is 0.250. The number of nitrogens with one attached hydrogen (secondary N) is 1. The van der Waals surface area contributed by atoms with E-state index in [9.17, 15) is 0 Å². The second-order valence-corrected chi connectivity index (χ2v) is 7.70. The summed E-state index contributed by atoms with van der Waals surface area (Å²) in [6, 6.07) is 27.7.